The van der Waals surface area contributed by atoms with Crippen LogP contribution in [0.25, 0.3) is 11.0 Å². The van der Waals surface area contributed by atoms with Gasteiger partial charge in [-0.05, 0) is 17.7 Å². The smallest absolute Gasteiger partial charge is 0.226 e. The maximum Gasteiger partial charge on any atom is 0.226 e. The van der Waals surface area contributed by atoms with Gasteiger partial charge in [-0.25, -0.2) is 4.98 Å². The van der Waals surface area contributed by atoms with Crippen molar-refractivity contribution in [2.45, 2.75) is 13.0 Å². The molecule has 1 aliphatic heterocycles. The van der Waals surface area contributed by atoms with Gasteiger partial charge in [0.2, 0.25) is 11.2 Å². The first-order chi connectivity index (χ1) is 7.74. The van der Waals surface area contributed by atoms with E-state index in [1.165, 1.54) is 0 Å². The Morgan fingerprint density at radius 1 is 1.50 bits per heavy atom. The normalized spacial score (nSPS) is 15.7. The minimum Gasteiger partial charge on any atom is -0.354 e. The predicted molar refractivity (Wildman–Crippen MR) is 59.3 cm³/mol. The molecule has 82 valence electrons. The highest BCUT2D eigenvalue weighted by atomic mass is 35.5. The van der Waals surface area contributed by atoms with Crippen molar-refractivity contribution >= 4 is 28.5 Å². The van der Waals surface area contributed by atoms with E-state index in [1.54, 1.807) is 6.20 Å². The second-order valence-electron chi connectivity index (χ2n) is 3.73. The Bertz CT molecular complexity index is 577. The lowest BCUT2D eigenvalue weighted by Crippen LogP contribution is -2.24. The molecule has 1 amide bonds. The Balaban J connectivity index is 2.23. The molecule has 3 rings (SSSR count). The molecule has 0 aromatic carbocycles. The van der Waals surface area contributed by atoms with E-state index in [0.29, 0.717) is 13.0 Å². The summed E-state index contributed by atoms with van der Waals surface area (Å²) in [7, 11) is 0. The highest BCUT2D eigenvalue weighted by molar-refractivity contribution is 6.28. The largest absolute Gasteiger partial charge is 0.354 e. The van der Waals surface area contributed by atoms with Gasteiger partial charge in [0, 0.05) is 30.4 Å². The molecule has 0 spiro atoms. The van der Waals surface area contributed by atoms with Gasteiger partial charge in [-0.15, -0.1) is 0 Å². The summed E-state index contributed by atoms with van der Waals surface area (Å²) in [6.07, 6.45) is 2.07. The summed E-state index contributed by atoms with van der Waals surface area (Å²) >= 11 is 5.77. The quantitative estimate of drug-likeness (QED) is 0.687. The minimum absolute atomic E-state index is 0.0422. The molecule has 1 N–H and O–H groups in total. The molecule has 0 bridgehead atoms. The molecule has 3 heterocycles. The van der Waals surface area contributed by atoms with Crippen molar-refractivity contribution in [1.29, 1.82) is 0 Å². The Labute approximate surface area is 96.4 Å². The van der Waals surface area contributed by atoms with E-state index in [0.717, 1.165) is 23.3 Å². The monoisotopic (exact) mass is 236 g/mol. The molecule has 0 unspecified atom stereocenters. The third kappa shape index (κ3) is 1.44. The number of carbonyl (C=O) groups excluding carboxylic acids is 1. The number of aromatic nitrogens is 3. The summed E-state index contributed by atoms with van der Waals surface area (Å²) in [6.45, 7) is 1.34. The second-order valence-corrected chi connectivity index (χ2v) is 4.07. The van der Waals surface area contributed by atoms with Crippen LogP contribution in [0.5, 0.6) is 0 Å². The Morgan fingerprint density at radius 2 is 2.38 bits per heavy atom. The van der Waals surface area contributed by atoms with E-state index in [1.807, 2.05) is 10.6 Å². The zero-order chi connectivity index (χ0) is 11.1. The molecule has 2 aromatic heterocycles. The van der Waals surface area contributed by atoms with E-state index in [9.17, 15) is 4.79 Å². The van der Waals surface area contributed by atoms with Crippen molar-refractivity contribution in [1.82, 2.24) is 19.9 Å². The predicted octanol–water partition coefficient (Wildman–Crippen LogP) is 0.757. The summed E-state index contributed by atoms with van der Waals surface area (Å²) in [5.74, 6) is 0.0422. The molecule has 2 aromatic rings. The average Bonchev–Trinajstić information content (AvgIpc) is 2.46. The maximum atomic E-state index is 11.4. The minimum atomic E-state index is 0.0422. The molecule has 6 heteroatoms. The van der Waals surface area contributed by atoms with Gasteiger partial charge in [0.25, 0.3) is 0 Å². The van der Waals surface area contributed by atoms with Crippen LogP contribution in [0.15, 0.2) is 12.3 Å². The number of hydrogen-bond acceptors (Lipinski definition) is 3. The number of hydrogen-bond donors (Lipinski definition) is 1. The van der Waals surface area contributed by atoms with E-state index >= 15 is 0 Å². The average molecular weight is 237 g/mol. The third-order valence-corrected chi connectivity index (χ3v) is 2.87. The summed E-state index contributed by atoms with van der Waals surface area (Å²) in [5.41, 5.74) is 1.76. The van der Waals surface area contributed by atoms with Gasteiger partial charge in [0.1, 0.15) is 5.65 Å². The molecule has 16 heavy (non-hydrogen) atoms. The van der Waals surface area contributed by atoms with Gasteiger partial charge < -0.3 is 9.88 Å². The van der Waals surface area contributed by atoms with E-state index in [-0.39, 0.29) is 11.2 Å². The van der Waals surface area contributed by atoms with Crippen LogP contribution in [0, 0.1) is 0 Å². The lowest BCUT2D eigenvalue weighted by molar-refractivity contribution is -0.120. The molecule has 0 saturated carbocycles. The number of nitrogens with zero attached hydrogens (tertiary/aromatic N) is 3. The summed E-state index contributed by atoms with van der Waals surface area (Å²) < 4.78 is 2.01. The van der Waals surface area contributed by atoms with Crippen molar-refractivity contribution in [3.05, 3.63) is 23.2 Å². The zero-order valence-electron chi connectivity index (χ0n) is 8.40. The van der Waals surface area contributed by atoms with E-state index < -0.39 is 0 Å². The standard InChI is InChI=1S/C10H9ClN4O/c11-10-13-5-6-3-7-4-8(16)12-1-2-15(7)9(6)14-10/h3,5H,1-2,4H2,(H,12,16). The first-order valence-corrected chi connectivity index (χ1v) is 5.39. The van der Waals surface area contributed by atoms with Crippen LogP contribution >= 0.6 is 11.6 Å². The number of fused-ring (bicyclic) bond motifs is 3. The number of nitrogens with one attached hydrogen (secondary N) is 1. The molecule has 0 fully saturated rings. The lowest BCUT2D eigenvalue weighted by atomic mass is 10.3. The lowest BCUT2D eigenvalue weighted by Gasteiger charge is -2.03. The van der Waals surface area contributed by atoms with E-state index in [2.05, 4.69) is 15.3 Å². The number of halogens is 1. The molecule has 0 radical (unpaired) electrons. The molecule has 0 aliphatic carbocycles. The highest BCUT2D eigenvalue weighted by Crippen LogP contribution is 2.20. The summed E-state index contributed by atoms with van der Waals surface area (Å²) in [5, 5.41) is 3.98. The van der Waals surface area contributed by atoms with Crippen LogP contribution in [0.3, 0.4) is 0 Å². The van der Waals surface area contributed by atoms with Crippen LogP contribution < -0.4 is 5.32 Å². The van der Waals surface area contributed by atoms with Crippen molar-refractivity contribution in [2.24, 2.45) is 0 Å². The van der Waals surface area contributed by atoms with Crippen molar-refractivity contribution in [3.63, 3.8) is 0 Å². The van der Waals surface area contributed by atoms with Crippen LogP contribution in [0.4, 0.5) is 0 Å². The fraction of sp³-hybridized carbons (Fsp3) is 0.300. The first-order valence-electron chi connectivity index (χ1n) is 5.01. The fourth-order valence-electron chi connectivity index (χ4n) is 2.00. The Morgan fingerprint density at radius 3 is 3.25 bits per heavy atom. The first kappa shape index (κ1) is 9.59. The molecule has 5 nitrogen and oxygen atoms in total. The zero-order valence-corrected chi connectivity index (χ0v) is 9.16. The van der Waals surface area contributed by atoms with Crippen molar-refractivity contribution < 1.29 is 4.79 Å². The fourth-order valence-corrected chi connectivity index (χ4v) is 2.13. The number of rotatable bonds is 0. The second kappa shape index (κ2) is 3.45. The van der Waals surface area contributed by atoms with Crippen LogP contribution in [0.1, 0.15) is 5.69 Å². The molecule has 1 aliphatic rings. The highest BCUT2D eigenvalue weighted by Gasteiger charge is 2.16. The topological polar surface area (TPSA) is 59.8 Å². The van der Waals surface area contributed by atoms with Gasteiger partial charge in [0.15, 0.2) is 0 Å². The SMILES string of the molecule is O=C1Cc2cc3cnc(Cl)nc3n2CCN1. The summed E-state index contributed by atoms with van der Waals surface area (Å²) in [6, 6.07) is 1.94. The molecule has 0 saturated heterocycles. The third-order valence-electron chi connectivity index (χ3n) is 2.69. The van der Waals surface area contributed by atoms with Gasteiger partial charge in [-0.3, -0.25) is 4.79 Å². The summed E-state index contributed by atoms with van der Waals surface area (Å²) in [4.78, 5) is 19.5. The van der Waals surface area contributed by atoms with Crippen LogP contribution in [0.2, 0.25) is 5.28 Å². The van der Waals surface area contributed by atoms with Gasteiger partial charge in [-0.2, -0.15) is 4.98 Å². The van der Waals surface area contributed by atoms with Crippen LogP contribution in [-0.2, 0) is 17.8 Å². The van der Waals surface area contributed by atoms with Gasteiger partial charge in [0.05, 0.1) is 6.42 Å². The molecular weight excluding hydrogens is 228 g/mol. The molecule has 0 atom stereocenters. The van der Waals surface area contributed by atoms with Crippen LogP contribution in [-0.4, -0.2) is 27.0 Å². The van der Waals surface area contributed by atoms with Gasteiger partial charge >= 0.3 is 0 Å². The Kier molecular flexibility index (Phi) is 2.07. The van der Waals surface area contributed by atoms with Crippen molar-refractivity contribution in [3.8, 4) is 0 Å². The Hall–Kier alpha value is -1.62. The maximum absolute atomic E-state index is 11.4. The molecular formula is C10H9ClN4O. The number of carbonyl (C=O) groups is 1. The van der Waals surface area contributed by atoms with Gasteiger partial charge in [-0.1, -0.05) is 0 Å². The van der Waals surface area contributed by atoms with E-state index in [4.69, 9.17) is 11.6 Å². The van der Waals surface area contributed by atoms with Crippen molar-refractivity contribution in [2.75, 3.05) is 6.54 Å². The number of amides is 1.